The summed E-state index contributed by atoms with van der Waals surface area (Å²) in [6.07, 6.45) is 3.10. The van der Waals surface area contributed by atoms with Gasteiger partial charge in [-0.05, 0) is 25.7 Å². The number of rotatable bonds is 27. The largest absolute Gasteiger partial charge is 0.481 e. The number of nitrogen functional groups attached to an aromatic ring is 1. The quantitative estimate of drug-likeness (QED) is 0.0340. The number of allylic oxidation sites excluding steroid dienone is 4. The number of phosphoric acid groups is 3. The van der Waals surface area contributed by atoms with Crippen molar-refractivity contribution in [3.05, 3.63) is 37.0 Å². The maximum Gasteiger partial charge on any atom is 0.481 e. The van der Waals surface area contributed by atoms with Gasteiger partial charge >= 0.3 is 23.5 Å². The van der Waals surface area contributed by atoms with Gasteiger partial charge in [-0.15, -0.1) is 0 Å². The second-order valence-electron chi connectivity index (χ2n) is 14.3. The third-order valence-electron chi connectivity index (χ3n) is 8.67. The molecule has 0 saturated carbocycles. The molecule has 1 saturated heterocycles. The van der Waals surface area contributed by atoms with Crippen LogP contribution in [0, 0.1) is 5.41 Å². The number of fused-ring (bicyclic) bond motifs is 1. The number of aliphatic hydroxyl groups excluding tert-OH is 3. The van der Waals surface area contributed by atoms with Crippen LogP contribution in [0.25, 0.3) is 11.2 Å². The van der Waals surface area contributed by atoms with Gasteiger partial charge in [0, 0.05) is 37.1 Å². The standard InChI is InChI=1S/C33H54N7O18P3S/c1-4-5-6-7-8-9-10-11-21(41)16-24(43)62-15-14-35-23(42)12-13-36-31(46)28(45)33(2,3)18-55-61(52,53)58-60(50,51)54-17-22-27(57-59(47,48)49)26(44)32(56-22)40-20-39-25-29(34)37-19-38-30(25)40/h5-6,8-9,19-22,26-28,32,41,44-45H,4,7,10-18H2,1-3H3,(H,35,42)(H,36,46)(H,50,51)(H,52,53)(H2,34,37,38)(H2,47,48,49)/b6-5-,9-8-/t21-,22+,26+,27+,28-,32+/m0/s1. The van der Waals surface area contributed by atoms with Gasteiger partial charge in [-0.1, -0.05) is 56.8 Å². The van der Waals surface area contributed by atoms with Gasteiger partial charge < -0.3 is 56.0 Å². The number of thioether (sulfide) groups is 1. The third-order valence-corrected chi connectivity index (χ3v) is 12.7. The molecule has 2 aromatic rings. The molecular formula is C33H54N7O18P3S. The second-order valence-corrected chi connectivity index (χ2v) is 19.7. The van der Waals surface area contributed by atoms with Gasteiger partial charge in [-0.3, -0.25) is 32.5 Å². The van der Waals surface area contributed by atoms with Gasteiger partial charge in [0.25, 0.3) is 0 Å². The summed E-state index contributed by atoms with van der Waals surface area (Å²) in [5.74, 6) is -1.26. The van der Waals surface area contributed by atoms with Crippen molar-refractivity contribution in [3.8, 4) is 0 Å². The molecule has 1 fully saturated rings. The van der Waals surface area contributed by atoms with Crippen LogP contribution in [-0.2, 0) is 50.7 Å². The summed E-state index contributed by atoms with van der Waals surface area (Å²) in [7, 11) is -16.4. The molecule has 25 nitrogen and oxygen atoms in total. The Hall–Kier alpha value is -3.00. The number of anilines is 1. The number of aromatic nitrogens is 4. The minimum absolute atomic E-state index is 0.0237. The molecule has 2 aromatic heterocycles. The number of hydrogen-bond donors (Lipinski definition) is 10. The number of hydrogen-bond acceptors (Lipinski definition) is 19. The van der Waals surface area contributed by atoms with E-state index in [-0.39, 0.29) is 53.8 Å². The van der Waals surface area contributed by atoms with Crippen molar-refractivity contribution in [3.63, 3.8) is 0 Å². The summed E-state index contributed by atoms with van der Waals surface area (Å²) in [5, 5.41) is 36.3. The molecule has 2 unspecified atom stereocenters. The molecule has 0 bridgehead atoms. The van der Waals surface area contributed by atoms with E-state index in [9.17, 15) is 63.0 Å². The molecule has 3 heterocycles. The van der Waals surface area contributed by atoms with Crippen LogP contribution in [0.15, 0.2) is 37.0 Å². The molecule has 0 spiro atoms. The van der Waals surface area contributed by atoms with E-state index < -0.39 is 90.7 Å². The van der Waals surface area contributed by atoms with E-state index in [0.717, 1.165) is 41.8 Å². The molecule has 350 valence electrons. The zero-order chi connectivity index (χ0) is 46.3. The number of nitrogens with one attached hydrogen (secondary N) is 2. The lowest BCUT2D eigenvalue weighted by Crippen LogP contribution is -2.46. The molecule has 3 rings (SSSR count). The molecule has 0 aromatic carbocycles. The maximum absolute atomic E-state index is 12.7. The SMILES string of the molecule is CC/C=C\C/C=C\CC[C@H](O)CC(=O)SCCNC(=O)CCNC(=O)[C@H](O)C(C)(C)COP(=O)(O)OP(=O)(O)OC[C@H]1O[C@@H](n2cnc3c(N)ncnc32)[C@H](O)[C@@H]1OP(=O)(O)O. The molecule has 1 aliphatic heterocycles. The van der Waals surface area contributed by atoms with Crippen LogP contribution in [0.4, 0.5) is 5.82 Å². The van der Waals surface area contributed by atoms with E-state index in [4.69, 9.17) is 19.5 Å². The first-order chi connectivity index (χ1) is 28.9. The van der Waals surface area contributed by atoms with Crippen molar-refractivity contribution in [2.75, 3.05) is 37.8 Å². The van der Waals surface area contributed by atoms with Crippen LogP contribution in [0.3, 0.4) is 0 Å². The molecular weight excluding hydrogens is 907 g/mol. The smallest absolute Gasteiger partial charge is 0.393 e. The number of nitrogens with zero attached hydrogens (tertiary/aromatic N) is 4. The monoisotopic (exact) mass is 961 g/mol. The van der Waals surface area contributed by atoms with E-state index in [1.165, 1.54) is 13.8 Å². The number of imidazole rings is 1. The van der Waals surface area contributed by atoms with E-state index in [0.29, 0.717) is 12.8 Å². The maximum atomic E-state index is 12.7. The first-order valence-corrected chi connectivity index (χ1v) is 24.5. The fraction of sp³-hybridized carbons (Fsp3) is 0.636. The average Bonchev–Trinajstić information content (AvgIpc) is 3.74. The van der Waals surface area contributed by atoms with Crippen molar-refractivity contribution in [1.29, 1.82) is 0 Å². The van der Waals surface area contributed by atoms with Gasteiger partial charge in [0.1, 0.15) is 36.3 Å². The van der Waals surface area contributed by atoms with E-state index >= 15 is 0 Å². The molecule has 8 atom stereocenters. The van der Waals surface area contributed by atoms with Crippen molar-refractivity contribution < 1.29 is 85.6 Å². The minimum atomic E-state index is -5.59. The van der Waals surface area contributed by atoms with E-state index in [1.807, 2.05) is 25.2 Å². The number of carbonyl (C=O) groups is 3. The number of amides is 2. The van der Waals surface area contributed by atoms with Gasteiger partial charge in [0.05, 0.1) is 25.6 Å². The summed E-state index contributed by atoms with van der Waals surface area (Å²) in [4.78, 5) is 88.0. The van der Waals surface area contributed by atoms with E-state index in [1.54, 1.807) is 0 Å². The predicted molar refractivity (Wildman–Crippen MR) is 220 cm³/mol. The summed E-state index contributed by atoms with van der Waals surface area (Å²) in [6.45, 7) is 2.40. The van der Waals surface area contributed by atoms with Crippen molar-refractivity contribution in [2.45, 2.75) is 96.0 Å². The molecule has 0 radical (unpaired) electrons. The van der Waals surface area contributed by atoms with Crippen molar-refractivity contribution >= 4 is 69.1 Å². The Morgan fingerprint density at radius 2 is 1.71 bits per heavy atom. The number of phosphoric ester groups is 3. The van der Waals surface area contributed by atoms with Crippen LogP contribution in [0.2, 0.25) is 0 Å². The fourth-order valence-corrected chi connectivity index (χ4v) is 9.06. The number of carbonyl (C=O) groups excluding carboxylic acids is 3. The van der Waals surface area contributed by atoms with Gasteiger partial charge in [0.2, 0.25) is 11.8 Å². The summed E-state index contributed by atoms with van der Waals surface area (Å²) < 4.78 is 62.2. The number of ether oxygens (including phenoxy) is 1. The molecule has 2 amide bonds. The minimum Gasteiger partial charge on any atom is -0.393 e. The predicted octanol–water partition coefficient (Wildman–Crippen LogP) is 1.11. The Kier molecular flexibility index (Phi) is 20.9. The van der Waals surface area contributed by atoms with Crippen LogP contribution in [0.1, 0.15) is 65.5 Å². The summed E-state index contributed by atoms with van der Waals surface area (Å²) in [6, 6.07) is 0. The Morgan fingerprint density at radius 3 is 2.40 bits per heavy atom. The van der Waals surface area contributed by atoms with Crippen molar-refractivity contribution in [1.82, 2.24) is 30.2 Å². The first-order valence-electron chi connectivity index (χ1n) is 19.0. The second kappa shape index (κ2) is 24.3. The topological polar surface area (TPSA) is 384 Å². The summed E-state index contributed by atoms with van der Waals surface area (Å²) in [5.41, 5.74) is 4.24. The zero-order valence-electron chi connectivity index (χ0n) is 33.9. The first kappa shape index (κ1) is 53.3. The molecule has 29 heteroatoms. The normalized spacial score (nSPS) is 21.5. The average molecular weight is 962 g/mol. The highest BCUT2D eigenvalue weighted by Gasteiger charge is 2.50. The highest BCUT2D eigenvalue weighted by Crippen LogP contribution is 2.61. The van der Waals surface area contributed by atoms with Gasteiger partial charge in [0.15, 0.2) is 22.8 Å². The molecule has 11 N–H and O–H groups in total. The van der Waals surface area contributed by atoms with Crippen LogP contribution in [0.5, 0.6) is 0 Å². The third kappa shape index (κ3) is 17.9. The molecule has 0 aliphatic carbocycles. The molecule has 62 heavy (non-hydrogen) atoms. The number of aliphatic hydroxyl groups is 3. The Labute approximate surface area is 360 Å². The highest BCUT2D eigenvalue weighted by molar-refractivity contribution is 8.13. The lowest BCUT2D eigenvalue weighted by atomic mass is 9.87. The summed E-state index contributed by atoms with van der Waals surface area (Å²) >= 11 is 0.964. The van der Waals surface area contributed by atoms with Gasteiger partial charge in [-0.25, -0.2) is 28.6 Å². The van der Waals surface area contributed by atoms with Crippen molar-refractivity contribution in [2.24, 2.45) is 5.41 Å². The highest BCUT2D eigenvalue weighted by atomic mass is 32.2. The lowest BCUT2D eigenvalue weighted by Gasteiger charge is -2.30. The zero-order valence-corrected chi connectivity index (χ0v) is 37.4. The Morgan fingerprint density at radius 1 is 1.02 bits per heavy atom. The fourth-order valence-electron chi connectivity index (χ4n) is 5.49. The van der Waals surface area contributed by atoms with E-state index in [2.05, 4.69) is 40.5 Å². The Bertz CT molecular complexity index is 2020. The number of nitrogens with two attached hydrogens (primary N) is 1. The van der Waals surface area contributed by atoms with Crippen LogP contribution >= 0.6 is 35.2 Å². The van der Waals surface area contributed by atoms with Gasteiger partial charge in [-0.2, -0.15) is 4.31 Å². The molecule has 1 aliphatic rings. The van der Waals surface area contributed by atoms with Crippen LogP contribution in [-0.4, -0.2) is 134 Å². The van der Waals surface area contributed by atoms with Crippen LogP contribution < -0.4 is 16.4 Å². The Balaban J connectivity index is 1.40. The lowest BCUT2D eigenvalue weighted by molar-refractivity contribution is -0.137.